The van der Waals surface area contributed by atoms with Crippen LogP contribution in [0.25, 0.3) is 11.2 Å². The van der Waals surface area contributed by atoms with Crippen LogP contribution in [-0.4, -0.2) is 48.0 Å². The molecule has 0 spiro atoms. The van der Waals surface area contributed by atoms with E-state index in [9.17, 15) is 10.2 Å². The standard InChI is InChI=1S/C17H17ClFN5O4/c1-9-12(25)13(26)17(19,28-9)24-8-20-11-14(21-16(18)22-15(11)24)23-27-7-10-5-3-2-4-6-10/h2-6,8-9,12-13,25-26H,7H2,1H3,(H,21,22,23)/t9-,12-,13-,17+/m1/s1. The van der Waals surface area contributed by atoms with E-state index in [0.717, 1.165) is 16.5 Å². The largest absolute Gasteiger partial charge is 0.387 e. The maximum Gasteiger partial charge on any atom is 0.325 e. The lowest BCUT2D eigenvalue weighted by Crippen LogP contribution is -2.41. The number of hydrogen-bond acceptors (Lipinski definition) is 8. The lowest BCUT2D eigenvalue weighted by Gasteiger charge is -2.24. The molecular weight excluding hydrogens is 393 g/mol. The van der Waals surface area contributed by atoms with E-state index in [0.29, 0.717) is 0 Å². The summed E-state index contributed by atoms with van der Waals surface area (Å²) >= 11 is 5.96. The number of nitrogens with one attached hydrogen (secondary N) is 1. The second-order valence-corrected chi connectivity index (χ2v) is 6.71. The molecule has 1 aliphatic rings. The van der Waals surface area contributed by atoms with Crippen LogP contribution in [-0.2, 0) is 22.2 Å². The van der Waals surface area contributed by atoms with Crippen LogP contribution in [0.1, 0.15) is 12.5 Å². The molecule has 0 radical (unpaired) electrons. The summed E-state index contributed by atoms with van der Waals surface area (Å²) in [7, 11) is 0. The molecule has 148 valence electrons. The summed E-state index contributed by atoms with van der Waals surface area (Å²) in [6, 6.07) is 9.42. The summed E-state index contributed by atoms with van der Waals surface area (Å²) in [4.78, 5) is 17.5. The van der Waals surface area contributed by atoms with E-state index in [1.807, 2.05) is 30.3 Å². The first-order valence-corrected chi connectivity index (χ1v) is 8.83. The van der Waals surface area contributed by atoms with E-state index < -0.39 is 24.3 Å². The minimum absolute atomic E-state index is 0.0336. The average Bonchev–Trinajstić information content (AvgIpc) is 3.19. The lowest BCUT2D eigenvalue weighted by atomic mass is 10.1. The number of imidazole rings is 1. The molecule has 0 unspecified atom stereocenters. The van der Waals surface area contributed by atoms with Gasteiger partial charge in [0.15, 0.2) is 23.1 Å². The summed E-state index contributed by atoms with van der Waals surface area (Å²) < 4.78 is 21.4. The monoisotopic (exact) mass is 409 g/mol. The van der Waals surface area contributed by atoms with Gasteiger partial charge in [-0.1, -0.05) is 30.3 Å². The Bertz CT molecular complexity index is 990. The quantitative estimate of drug-likeness (QED) is 0.431. The van der Waals surface area contributed by atoms with Gasteiger partial charge in [-0.05, 0) is 24.1 Å². The third-order valence-electron chi connectivity index (χ3n) is 4.47. The first kappa shape index (κ1) is 19.0. The van der Waals surface area contributed by atoms with Crippen molar-refractivity contribution in [2.24, 2.45) is 0 Å². The molecule has 4 atom stereocenters. The van der Waals surface area contributed by atoms with Gasteiger partial charge in [0.25, 0.3) is 0 Å². The number of nitrogens with zero attached hydrogens (tertiary/aromatic N) is 4. The molecule has 1 aromatic carbocycles. The van der Waals surface area contributed by atoms with Crippen molar-refractivity contribution in [2.45, 2.75) is 37.8 Å². The number of benzene rings is 1. The maximum atomic E-state index is 15.4. The van der Waals surface area contributed by atoms with Crippen LogP contribution < -0.4 is 5.48 Å². The lowest BCUT2D eigenvalue weighted by molar-refractivity contribution is -0.230. The summed E-state index contributed by atoms with van der Waals surface area (Å²) in [5, 5.41) is 19.8. The van der Waals surface area contributed by atoms with Crippen LogP contribution in [0.15, 0.2) is 36.7 Å². The molecule has 0 amide bonds. The molecule has 28 heavy (non-hydrogen) atoms. The Morgan fingerprint density at radius 2 is 2.07 bits per heavy atom. The highest BCUT2D eigenvalue weighted by Gasteiger charge is 2.56. The van der Waals surface area contributed by atoms with Crippen LogP contribution >= 0.6 is 11.6 Å². The van der Waals surface area contributed by atoms with Gasteiger partial charge in [-0.2, -0.15) is 14.4 Å². The Morgan fingerprint density at radius 1 is 1.32 bits per heavy atom. The Hall–Kier alpha value is -2.37. The molecular formula is C17H17ClFN5O4. The number of fused-ring (bicyclic) bond motifs is 1. The van der Waals surface area contributed by atoms with E-state index >= 15 is 4.39 Å². The van der Waals surface area contributed by atoms with Gasteiger partial charge >= 0.3 is 5.98 Å². The van der Waals surface area contributed by atoms with Crippen molar-refractivity contribution in [3.63, 3.8) is 0 Å². The number of anilines is 1. The van der Waals surface area contributed by atoms with Gasteiger partial charge in [-0.3, -0.25) is 9.40 Å². The second kappa shape index (κ2) is 7.22. The van der Waals surface area contributed by atoms with E-state index in [1.165, 1.54) is 6.92 Å². The summed E-state index contributed by atoms with van der Waals surface area (Å²) in [5.74, 6) is -2.64. The zero-order chi connectivity index (χ0) is 19.9. The minimum atomic E-state index is -2.76. The maximum absolute atomic E-state index is 15.4. The van der Waals surface area contributed by atoms with Gasteiger partial charge in [0, 0.05) is 0 Å². The van der Waals surface area contributed by atoms with Crippen molar-refractivity contribution in [1.29, 1.82) is 0 Å². The number of aliphatic hydroxyl groups excluding tert-OH is 2. The molecule has 4 rings (SSSR count). The van der Waals surface area contributed by atoms with Gasteiger partial charge in [0.2, 0.25) is 5.28 Å². The Labute approximate surface area is 163 Å². The van der Waals surface area contributed by atoms with Crippen LogP contribution in [0.2, 0.25) is 5.28 Å². The number of aromatic nitrogens is 4. The molecule has 3 N–H and O–H groups in total. The predicted molar refractivity (Wildman–Crippen MR) is 96.8 cm³/mol. The van der Waals surface area contributed by atoms with Gasteiger partial charge in [-0.15, -0.1) is 0 Å². The van der Waals surface area contributed by atoms with Crippen LogP contribution in [0.4, 0.5) is 10.2 Å². The fraction of sp³-hybridized carbons (Fsp3) is 0.353. The van der Waals surface area contributed by atoms with Gasteiger partial charge in [-0.25, -0.2) is 10.5 Å². The molecule has 0 saturated carbocycles. The van der Waals surface area contributed by atoms with E-state index in [-0.39, 0.29) is 28.9 Å². The molecule has 1 aliphatic heterocycles. The fourth-order valence-electron chi connectivity index (χ4n) is 3.00. The predicted octanol–water partition coefficient (Wildman–Crippen LogP) is 1.74. The molecule has 0 bridgehead atoms. The SMILES string of the molecule is C[C@H]1O[C@@](F)(n2cnc3c(NOCc4ccccc4)nc(Cl)nc32)[C@H](O)[C@@H]1O. The molecule has 11 heteroatoms. The zero-order valence-electron chi connectivity index (χ0n) is 14.7. The average molecular weight is 410 g/mol. The topological polar surface area (TPSA) is 115 Å². The molecule has 3 heterocycles. The summed E-state index contributed by atoms with van der Waals surface area (Å²) in [5.41, 5.74) is 3.68. The summed E-state index contributed by atoms with van der Waals surface area (Å²) in [6.45, 7) is 1.68. The molecule has 2 aromatic heterocycles. The summed E-state index contributed by atoms with van der Waals surface area (Å²) in [6.07, 6.45) is -3.08. The minimum Gasteiger partial charge on any atom is -0.387 e. The van der Waals surface area contributed by atoms with Gasteiger partial charge in [0.05, 0.1) is 12.7 Å². The normalized spacial score (nSPS) is 27.4. The molecule has 0 aliphatic carbocycles. The Morgan fingerprint density at radius 3 is 2.75 bits per heavy atom. The van der Waals surface area contributed by atoms with Crippen molar-refractivity contribution < 1.29 is 24.2 Å². The third-order valence-corrected chi connectivity index (χ3v) is 4.64. The van der Waals surface area contributed by atoms with E-state index in [4.69, 9.17) is 21.2 Å². The van der Waals surface area contributed by atoms with E-state index in [2.05, 4.69) is 20.4 Å². The van der Waals surface area contributed by atoms with Crippen LogP contribution in [0, 0.1) is 0 Å². The van der Waals surface area contributed by atoms with Crippen molar-refractivity contribution >= 4 is 28.6 Å². The molecule has 1 fully saturated rings. The second-order valence-electron chi connectivity index (χ2n) is 6.37. The van der Waals surface area contributed by atoms with Crippen molar-refractivity contribution in [1.82, 2.24) is 19.5 Å². The first-order valence-electron chi connectivity index (χ1n) is 8.46. The van der Waals surface area contributed by atoms with Crippen molar-refractivity contribution in [3.8, 4) is 0 Å². The van der Waals surface area contributed by atoms with Crippen LogP contribution in [0.5, 0.6) is 0 Å². The van der Waals surface area contributed by atoms with Crippen molar-refractivity contribution in [2.75, 3.05) is 5.48 Å². The molecule has 1 saturated heterocycles. The van der Waals surface area contributed by atoms with Crippen LogP contribution in [0.3, 0.4) is 0 Å². The van der Waals surface area contributed by atoms with Gasteiger partial charge < -0.3 is 14.9 Å². The molecule has 3 aromatic rings. The Balaban J connectivity index is 1.64. The number of alkyl halides is 1. The number of aliphatic hydroxyl groups is 2. The highest BCUT2D eigenvalue weighted by Crippen LogP contribution is 2.39. The number of hydrogen-bond donors (Lipinski definition) is 3. The third kappa shape index (κ3) is 3.19. The smallest absolute Gasteiger partial charge is 0.325 e. The fourth-order valence-corrected chi connectivity index (χ4v) is 3.16. The number of ether oxygens (including phenoxy) is 1. The highest BCUT2D eigenvalue weighted by molar-refractivity contribution is 6.28. The Kier molecular flexibility index (Phi) is 4.89. The van der Waals surface area contributed by atoms with Gasteiger partial charge in [0.1, 0.15) is 12.4 Å². The zero-order valence-corrected chi connectivity index (χ0v) is 15.4. The molecule has 9 nitrogen and oxygen atoms in total. The van der Waals surface area contributed by atoms with Crippen molar-refractivity contribution in [3.05, 3.63) is 47.5 Å². The first-order chi connectivity index (χ1) is 13.4. The highest BCUT2D eigenvalue weighted by atomic mass is 35.5. The number of rotatable bonds is 5. The van der Waals surface area contributed by atoms with E-state index in [1.54, 1.807) is 0 Å². The number of halogens is 2.